The second kappa shape index (κ2) is 5.56. The van der Waals surface area contributed by atoms with Gasteiger partial charge < -0.3 is 10.1 Å². The molecule has 0 spiro atoms. The Bertz CT molecular complexity index is 344. The van der Waals surface area contributed by atoms with E-state index in [0.717, 1.165) is 28.9 Å². The molecule has 1 rings (SSSR count). The van der Waals surface area contributed by atoms with Gasteiger partial charge in [-0.3, -0.25) is 0 Å². The van der Waals surface area contributed by atoms with E-state index in [1.807, 2.05) is 18.2 Å². The molecule has 1 aromatic rings. The van der Waals surface area contributed by atoms with Gasteiger partial charge in [0.1, 0.15) is 5.75 Å². The van der Waals surface area contributed by atoms with Crippen LogP contribution in [0.25, 0.3) is 0 Å². The smallest absolute Gasteiger partial charge is 0.120 e. The van der Waals surface area contributed by atoms with Crippen LogP contribution in [-0.4, -0.2) is 13.7 Å². The SMILES string of the molecule is C#CCCNc1ccc(OC)cc1Br. The van der Waals surface area contributed by atoms with Crippen molar-refractivity contribution in [3.63, 3.8) is 0 Å². The van der Waals surface area contributed by atoms with E-state index >= 15 is 0 Å². The number of methoxy groups -OCH3 is 1. The number of ether oxygens (including phenoxy) is 1. The van der Waals surface area contributed by atoms with Crippen molar-refractivity contribution in [2.75, 3.05) is 19.0 Å². The summed E-state index contributed by atoms with van der Waals surface area (Å²) >= 11 is 3.45. The van der Waals surface area contributed by atoms with Crippen molar-refractivity contribution in [1.82, 2.24) is 0 Å². The van der Waals surface area contributed by atoms with E-state index < -0.39 is 0 Å². The summed E-state index contributed by atoms with van der Waals surface area (Å²) in [7, 11) is 1.65. The average Bonchev–Trinajstić information content (AvgIpc) is 2.20. The molecule has 0 aromatic heterocycles. The van der Waals surface area contributed by atoms with Crippen LogP contribution in [0.4, 0.5) is 5.69 Å². The molecule has 0 bridgehead atoms. The summed E-state index contributed by atoms with van der Waals surface area (Å²) in [4.78, 5) is 0. The minimum Gasteiger partial charge on any atom is -0.497 e. The number of rotatable bonds is 4. The van der Waals surface area contributed by atoms with E-state index in [4.69, 9.17) is 11.2 Å². The number of anilines is 1. The van der Waals surface area contributed by atoms with Gasteiger partial charge in [-0.15, -0.1) is 12.3 Å². The van der Waals surface area contributed by atoms with Gasteiger partial charge in [0.05, 0.1) is 7.11 Å². The first-order valence-corrected chi connectivity index (χ1v) is 5.08. The summed E-state index contributed by atoms with van der Waals surface area (Å²) in [5.74, 6) is 3.41. The molecule has 0 saturated carbocycles. The lowest BCUT2D eigenvalue weighted by atomic mass is 10.3. The lowest BCUT2D eigenvalue weighted by molar-refractivity contribution is 0.414. The Morgan fingerprint density at radius 1 is 1.57 bits per heavy atom. The maximum Gasteiger partial charge on any atom is 0.120 e. The highest BCUT2D eigenvalue weighted by molar-refractivity contribution is 9.10. The Morgan fingerprint density at radius 2 is 2.36 bits per heavy atom. The van der Waals surface area contributed by atoms with E-state index in [-0.39, 0.29) is 0 Å². The predicted octanol–water partition coefficient (Wildman–Crippen LogP) is 2.89. The van der Waals surface area contributed by atoms with Gasteiger partial charge in [0, 0.05) is 23.1 Å². The normalized spacial score (nSPS) is 9.21. The van der Waals surface area contributed by atoms with Gasteiger partial charge in [0.15, 0.2) is 0 Å². The highest BCUT2D eigenvalue weighted by Gasteiger charge is 1.99. The third kappa shape index (κ3) is 2.97. The summed E-state index contributed by atoms with van der Waals surface area (Å²) in [6.07, 6.45) is 5.88. The van der Waals surface area contributed by atoms with Crippen LogP contribution < -0.4 is 10.1 Å². The third-order valence-corrected chi connectivity index (χ3v) is 2.42. The van der Waals surface area contributed by atoms with Gasteiger partial charge >= 0.3 is 0 Å². The second-order valence-electron chi connectivity index (χ2n) is 2.73. The second-order valence-corrected chi connectivity index (χ2v) is 3.58. The van der Waals surface area contributed by atoms with E-state index in [2.05, 4.69) is 27.2 Å². The summed E-state index contributed by atoms with van der Waals surface area (Å²) in [5, 5.41) is 3.22. The van der Waals surface area contributed by atoms with Gasteiger partial charge in [-0.1, -0.05) is 0 Å². The zero-order chi connectivity index (χ0) is 10.4. The first-order valence-electron chi connectivity index (χ1n) is 4.29. The highest BCUT2D eigenvalue weighted by atomic mass is 79.9. The van der Waals surface area contributed by atoms with E-state index in [1.54, 1.807) is 7.11 Å². The third-order valence-electron chi connectivity index (χ3n) is 1.76. The summed E-state index contributed by atoms with van der Waals surface area (Å²) in [6, 6.07) is 5.78. The fraction of sp³-hybridized carbons (Fsp3) is 0.273. The highest BCUT2D eigenvalue weighted by Crippen LogP contribution is 2.26. The van der Waals surface area contributed by atoms with Crippen LogP contribution in [0.1, 0.15) is 6.42 Å². The largest absolute Gasteiger partial charge is 0.497 e. The fourth-order valence-electron chi connectivity index (χ4n) is 1.04. The molecule has 0 radical (unpaired) electrons. The predicted molar refractivity (Wildman–Crippen MR) is 62.6 cm³/mol. The molecule has 0 unspecified atom stereocenters. The fourth-order valence-corrected chi connectivity index (χ4v) is 1.53. The van der Waals surface area contributed by atoms with E-state index in [1.165, 1.54) is 0 Å². The lowest BCUT2D eigenvalue weighted by Crippen LogP contribution is -2.00. The van der Waals surface area contributed by atoms with E-state index in [9.17, 15) is 0 Å². The number of hydrogen-bond donors (Lipinski definition) is 1. The summed E-state index contributed by atoms with van der Waals surface area (Å²) in [5.41, 5.74) is 1.03. The average molecular weight is 254 g/mol. The Labute approximate surface area is 92.8 Å². The maximum absolute atomic E-state index is 5.15. The standard InChI is InChI=1S/C11H12BrNO/c1-3-4-7-13-11-6-5-9(14-2)8-10(11)12/h1,5-6,8,13H,4,7H2,2H3. The Kier molecular flexibility index (Phi) is 4.34. The molecular weight excluding hydrogens is 242 g/mol. The molecule has 1 aromatic carbocycles. The Hall–Kier alpha value is -1.14. The first-order chi connectivity index (χ1) is 6.77. The van der Waals surface area contributed by atoms with Crippen molar-refractivity contribution in [1.29, 1.82) is 0 Å². The minimum atomic E-state index is 0.721. The molecule has 0 aliphatic carbocycles. The quantitative estimate of drug-likeness (QED) is 0.659. The molecule has 1 N–H and O–H groups in total. The molecule has 0 heterocycles. The molecule has 74 valence electrons. The number of terminal acetylenes is 1. The molecule has 0 amide bonds. The van der Waals surface area contributed by atoms with Crippen molar-refractivity contribution >= 4 is 21.6 Å². The monoisotopic (exact) mass is 253 g/mol. The molecule has 0 aliphatic rings. The number of halogens is 1. The van der Waals surface area contributed by atoms with Gasteiger partial charge in [-0.05, 0) is 34.1 Å². The number of hydrogen-bond acceptors (Lipinski definition) is 2. The minimum absolute atomic E-state index is 0.721. The molecule has 0 atom stereocenters. The van der Waals surface area contributed by atoms with Gasteiger partial charge in [0.2, 0.25) is 0 Å². The van der Waals surface area contributed by atoms with Crippen LogP contribution >= 0.6 is 15.9 Å². The lowest BCUT2D eigenvalue weighted by Gasteiger charge is -2.08. The zero-order valence-electron chi connectivity index (χ0n) is 8.01. The molecule has 0 fully saturated rings. The van der Waals surface area contributed by atoms with Crippen molar-refractivity contribution in [2.24, 2.45) is 0 Å². The van der Waals surface area contributed by atoms with Crippen LogP contribution in [0, 0.1) is 12.3 Å². The first kappa shape index (κ1) is 10.9. The number of nitrogens with one attached hydrogen (secondary N) is 1. The van der Waals surface area contributed by atoms with Crippen molar-refractivity contribution in [3.05, 3.63) is 22.7 Å². The van der Waals surface area contributed by atoms with Crippen molar-refractivity contribution in [2.45, 2.75) is 6.42 Å². The number of benzene rings is 1. The van der Waals surface area contributed by atoms with Gasteiger partial charge in [-0.2, -0.15) is 0 Å². The topological polar surface area (TPSA) is 21.3 Å². The molecule has 2 nitrogen and oxygen atoms in total. The summed E-state index contributed by atoms with van der Waals surface area (Å²) < 4.78 is 6.07. The molecule has 14 heavy (non-hydrogen) atoms. The Balaban J connectivity index is 2.65. The molecule has 3 heteroatoms. The maximum atomic E-state index is 5.15. The molecule has 0 saturated heterocycles. The van der Waals surface area contributed by atoms with Crippen molar-refractivity contribution in [3.8, 4) is 18.1 Å². The van der Waals surface area contributed by atoms with Crippen LogP contribution in [0.15, 0.2) is 22.7 Å². The van der Waals surface area contributed by atoms with Crippen molar-refractivity contribution < 1.29 is 4.74 Å². The van der Waals surface area contributed by atoms with Gasteiger partial charge in [-0.25, -0.2) is 0 Å². The Morgan fingerprint density at radius 3 is 2.93 bits per heavy atom. The van der Waals surface area contributed by atoms with E-state index in [0.29, 0.717) is 0 Å². The van der Waals surface area contributed by atoms with Gasteiger partial charge in [0.25, 0.3) is 0 Å². The molecular formula is C11H12BrNO. The zero-order valence-corrected chi connectivity index (χ0v) is 9.60. The van der Waals surface area contributed by atoms with Crippen LogP contribution in [-0.2, 0) is 0 Å². The molecule has 0 aliphatic heterocycles. The van der Waals surface area contributed by atoms with Crippen LogP contribution in [0.5, 0.6) is 5.75 Å². The van der Waals surface area contributed by atoms with Crippen LogP contribution in [0.2, 0.25) is 0 Å². The van der Waals surface area contributed by atoms with Crippen LogP contribution in [0.3, 0.4) is 0 Å². The summed E-state index contributed by atoms with van der Waals surface area (Å²) in [6.45, 7) is 0.779.